The van der Waals surface area contributed by atoms with Crippen LogP contribution < -0.4 is 4.90 Å². The number of carbonyl (C=O) groups is 2. The monoisotopic (exact) mass is 385 g/mol. The number of rotatable bonds is 8. The van der Waals surface area contributed by atoms with E-state index in [0.717, 1.165) is 35.9 Å². The number of carbonyl (C=O) groups excluding carboxylic acids is 2. The molecule has 2 atom stereocenters. The smallest absolute Gasteiger partial charge is 0.335 e. The number of fused-ring (bicyclic) bond motifs is 1. The van der Waals surface area contributed by atoms with Crippen molar-refractivity contribution in [1.82, 2.24) is 0 Å². The Balaban J connectivity index is 1.57. The lowest BCUT2D eigenvalue weighted by Gasteiger charge is -2.23. The fraction of sp³-hybridized carbons (Fsp3) is 0.455. The maximum Gasteiger partial charge on any atom is 0.335 e. The van der Waals surface area contributed by atoms with E-state index in [0.29, 0.717) is 13.2 Å². The molecule has 0 saturated carbocycles. The van der Waals surface area contributed by atoms with Crippen molar-refractivity contribution in [1.29, 1.82) is 0 Å². The molecule has 6 heteroatoms. The molecule has 28 heavy (non-hydrogen) atoms. The van der Waals surface area contributed by atoms with Gasteiger partial charge in [-0.25, -0.2) is 4.79 Å². The molecule has 6 nitrogen and oxygen atoms in total. The lowest BCUT2D eigenvalue weighted by atomic mass is 10.1. The van der Waals surface area contributed by atoms with Crippen LogP contribution in [-0.4, -0.2) is 50.4 Å². The lowest BCUT2D eigenvalue weighted by molar-refractivity contribution is -0.160. The maximum absolute atomic E-state index is 12.7. The average Bonchev–Trinajstić information content (AvgIpc) is 3.24. The Morgan fingerprint density at radius 2 is 2.00 bits per heavy atom. The number of benzene rings is 2. The Morgan fingerprint density at radius 3 is 2.75 bits per heavy atom. The van der Waals surface area contributed by atoms with Crippen molar-refractivity contribution in [2.45, 2.75) is 38.9 Å². The first-order valence-corrected chi connectivity index (χ1v) is 9.78. The van der Waals surface area contributed by atoms with Crippen LogP contribution in [0.5, 0.6) is 0 Å². The highest BCUT2D eigenvalue weighted by molar-refractivity contribution is 6.04. The summed E-state index contributed by atoms with van der Waals surface area (Å²) in [6.45, 7) is 4.79. The second-order valence-corrected chi connectivity index (χ2v) is 6.85. The van der Waals surface area contributed by atoms with Crippen molar-refractivity contribution in [2.75, 3.05) is 31.3 Å². The molecule has 0 aliphatic carbocycles. The number of likely N-dealkylation sites (N-methyl/N-ethyl adjacent to an activating group) is 1. The van der Waals surface area contributed by atoms with Gasteiger partial charge in [0.05, 0.1) is 18.4 Å². The van der Waals surface area contributed by atoms with Gasteiger partial charge in [-0.1, -0.05) is 36.4 Å². The fourth-order valence-corrected chi connectivity index (χ4v) is 3.35. The SMILES string of the molecule is CCN(C(=O)COC(=O)C(C)OCC1CCCO1)c1cccc2ccccc12. The molecule has 1 aliphatic rings. The molecule has 0 radical (unpaired) electrons. The van der Waals surface area contributed by atoms with Crippen LogP contribution in [0, 0.1) is 0 Å². The quantitative estimate of drug-likeness (QED) is 0.652. The van der Waals surface area contributed by atoms with Gasteiger partial charge in [0, 0.05) is 18.5 Å². The first-order valence-electron chi connectivity index (χ1n) is 9.78. The lowest BCUT2D eigenvalue weighted by Crippen LogP contribution is -2.36. The summed E-state index contributed by atoms with van der Waals surface area (Å²) >= 11 is 0. The summed E-state index contributed by atoms with van der Waals surface area (Å²) in [5, 5.41) is 2.04. The average molecular weight is 385 g/mol. The highest BCUT2D eigenvalue weighted by Gasteiger charge is 2.23. The molecule has 1 saturated heterocycles. The summed E-state index contributed by atoms with van der Waals surface area (Å²) in [6, 6.07) is 13.7. The summed E-state index contributed by atoms with van der Waals surface area (Å²) in [5.41, 5.74) is 0.810. The molecule has 2 unspecified atom stereocenters. The normalized spacial score (nSPS) is 17.4. The third-order valence-electron chi connectivity index (χ3n) is 4.90. The minimum atomic E-state index is -0.732. The molecule has 0 spiro atoms. The second kappa shape index (κ2) is 9.66. The van der Waals surface area contributed by atoms with Gasteiger partial charge < -0.3 is 19.1 Å². The minimum absolute atomic E-state index is 0.0406. The molecule has 3 rings (SSSR count). The summed E-state index contributed by atoms with van der Waals surface area (Å²) in [5.74, 6) is -0.807. The molecule has 1 aliphatic heterocycles. The molecule has 2 aromatic carbocycles. The van der Waals surface area contributed by atoms with E-state index in [2.05, 4.69) is 0 Å². The van der Waals surface area contributed by atoms with Crippen LogP contribution in [0.4, 0.5) is 5.69 Å². The molecule has 150 valence electrons. The van der Waals surface area contributed by atoms with E-state index in [4.69, 9.17) is 14.2 Å². The van der Waals surface area contributed by atoms with E-state index in [1.807, 2.05) is 49.4 Å². The van der Waals surface area contributed by atoms with Crippen LogP contribution in [0.3, 0.4) is 0 Å². The molecule has 1 fully saturated rings. The third kappa shape index (κ3) is 4.88. The van der Waals surface area contributed by atoms with Crippen LogP contribution in [0.15, 0.2) is 42.5 Å². The molecular weight excluding hydrogens is 358 g/mol. The van der Waals surface area contributed by atoms with Crippen LogP contribution in [0.1, 0.15) is 26.7 Å². The Kier molecular flexibility index (Phi) is 7.01. The van der Waals surface area contributed by atoms with E-state index < -0.39 is 12.1 Å². The summed E-state index contributed by atoms with van der Waals surface area (Å²) in [4.78, 5) is 26.5. The van der Waals surface area contributed by atoms with Crippen LogP contribution >= 0.6 is 0 Å². The molecule has 0 bridgehead atoms. The number of hydrogen-bond acceptors (Lipinski definition) is 5. The van der Waals surface area contributed by atoms with Gasteiger partial charge in [-0.05, 0) is 38.1 Å². The van der Waals surface area contributed by atoms with Crippen molar-refractivity contribution in [3.05, 3.63) is 42.5 Å². The number of amides is 1. The molecule has 0 aromatic heterocycles. The number of ether oxygens (including phenoxy) is 3. The highest BCUT2D eigenvalue weighted by atomic mass is 16.6. The molecule has 0 N–H and O–H groups in total. The van der Waals surface area contributed by atoms with Gasteiger partial charge in [0.15, 0.2) is 12.7 Å². The van der Waals surface area contributed by atoms with Gasteiger partial charge in [-0.3, -0.25) is 4.79 Å². The Morgan fingerprint density at radius 1 is 1.21 bits per heavy atom. The highest BCUT2D eigenvalue weighted by Crippen LogP contribution is 2.26. The summed E-state index contributed by atoms with van der Waals surface area (Å²) in [6.07, 6.45) is 1.27. The maximum atomic E-state index is 12.7. The van der Waals surface area contributed by atoms with Crippen LogP contribution in [0.25, 0.3) is 10.8 Å². The van der Waals surface area contributed by atoms with E-state index in [1.54, 1.807) is 11.8 Å². The van der Waals surface area contributed by atoms with Gasteiger partial charge in [0.1, 0.15) is 0 Å². The predicted octanol–water partition coefficient (Wildman–Crippen LogP) is 3.32. The van der Waals surface area contributed by atoms with E-state index >= 15 is 0 Å². The Bertz CT molecular complexity index is 810. The van der Waals surface area contributed by atoms with Gasteiger partial charge >= 0.3 is 5.97 Å². The first kappa shape index (κ1) is 20.3. The van der Waals surface area contributed by atoms with E-state index in [1.165, 1.54) is 0 Å². The van der Waals surface area contributed by atoms with Gasteiger partial charge in [-0.2, -0.15) is 0 Å². The zero-order valence-corrected chi connectivity index (χ0v) is 16.4. The van der Waals surface area contributed by atoms with Crippen molar-refractivity contribution < 1.29 is 23.8 Å². The fourth-order valence-electron chi connectivity index (χ4n) is 3.35. The van der Waals surface area contributed by atoms with Crippen molar-refractivity contribution in [3.63, 3.8) is 0 Å². The zero-order chi connectivity index (χ0) is 19.9. The van der Waals surface area contributed by atoms with Gasteiger partial charge in [-0.15, -0.1) is 0 Å². The van der Waals surface area contributed by atoms with Crippen molar-refractivity contribution in [2.24, 2.45) is 0 Å². The van der Waals surface area contributed by atoms with Crippen molar-refractivity contribution in [3.8, 4) is 0 Å². The number of anilines is 1. The van der Waals surface area contributed by atoms with Crippen molar-refractivity contribution >= 4 is 28.3 Å². The zero-order valence-electron chi connectivity index (χ0n) is 16.4. The van der Waals surface area contributed by atoms with Gasteiger partial charge in [0.25, 0.3) is 5.91 Å². The standard InChI is InChI=1S/C22H27NO5/c1-3-23(20-12-6-9-17-8-4-5-11-19(17)20)21(24)15-28-22(25)16(2)27-14-18-10-7-13-26-18/h4-6,8-9,11-12,16,18H,3,7,10,13-15H2,1-2H3. The summed E-state index contributed by atoms with van der Waals surface area (Å²) < 4.78 is 16.2. The third-order valence-corrected chi connectivity index (χ3v) is 4.90. The molecule has 1 heterocycles. The molecule has 2 aromatic rings. The largest absolute Gasteiger partial charge is 0.454 e. The predicted molar refractivity (Wildman–Crippen MR) is 107 cm³/mol. The van der Waals surface area contributed by atoms with Crippen LogP contribution in [0.2, 0.25) is 0 Å². The second-order valence-electron chi connectivity index (χ2n) is 6.85. The number of esters is 1. The van der Waals surface area contributed by atoms with E-state index in [9.17, 15) is 9.59 Å². The molecule has 1 amide bonds. The Labute approximate surface area is 165 Å². The van der Waals surface area contributed by atoms with E-state index in [-0.39, 0.29) is 18.6 Å². The topological polar surface area (TPSA) is 65.1 Å². The molecular formula is C22H27NO5. The number of hydrogen-bond donors (Lipinski definition) is 0. The minimum Gasteiger partial charge on any atom is -0.454 e. The van der Waals surface area contributed by atoms with Gasteiger partial charge in [0.2, 0.25) is 0 Å². The number of nitrogens with zero attached hydrogens (tertiary/aromatic N) is 1. The summed E-state index contributed by atoms with van der Waals surface area (Å²) in [7, 11) is 0. The Hall–Kier alpha value is -2.44. The first-order chi connectivity index (χ1) is 13.6. The van der Waals surface area contributed by atoms with Crippen LogP contribution in [-0.2, 0) is 23.8 Å².